The first-order valence-corrected chi connectivity index (χ1v) is 16.1. The number of carbonyl (C=O) groups excluding carboxylic acids is 4. The Bertz CT molecular complexity index is 1200. The maximum absolute atomic E-state index is 12.8. The number of hydrogen-bond acceptors (Lipinski definition) is 8. The number of guanidine groups is 2. The third-order valence-corrected chi connectivity index (χ3v) is 6.84. The lowest BCUT2D eigenvalue weighted by Gasteiger charge is -2.22. The SMILES string of the molecule is C/C=C(/CC(NC(=O)CNC(=O)C(CCCN=C(N)N)NC(=O)CN)C(=O)NC)c1ccccc1C(C)CC.CCCN=C(N)N.CN. The van der Waals surface area contributed by atoms with E-state index >= 15 is 0 Å². The quantitative estimate of drug-likeness (QED) is 0.0518. The van der Waals surface area contributed by atoms with Crippen LogP contribution in [-0.4, -0.2) is 87.9 Å². The maximum Gasteiger partial charge on any atom is 0.243 e. The van der Waals surface area contributed by atoms with Crippen LogP contribution < -0.4 is 55.7 Å². The molecule has 0 saturated carbocycles. The van der Waals surface area contributed by atoms with Crippen LogP contribution in [0.15, 0.2) is 40.3 Å². The number of allylic oxidation sites excluding steroid dienone is 1. The van der Waals surface area contributed by atoms with Gasteiger partial charge in [-0.15, -0.1) is 0 Å². The maximum atomic E-state index is 12.8. The van der Waals surface area contributed by atoms with Gasteiger partial charge in [-0.1, -0.05) is 51.1 Å². The van der Waals surface area contributed by atoms with E-state index < -0.39 is 29.8 Å². The first-order chi connectivity index (χ1) is 22.8. The summed E-state index contributed by atoms with van der Waals surface area (Å²) in [6.45, 7) is 8.52. The second kappa shape index (κ2) is 27.4. The van der Waals surface area contributed by atoms with E-state index in [-0.39, 0.29) is 50.3 Å². The van der Waals surface area contributed by atoms with Gasteiger partial charge in [0.25, 0.3) is 0 Å². The van der Waals surface area contributed by atoms with Gasteiger partial charge >= 0.3 is 0 Å². The number of hydrogen-bond donors (Lipinski definition) is 10. The fourth-order valence-corrected chi connectivity index (χ4v) is 4.23. The second-order valence-electron chi connectivity index (χ2n) is 10.4. The Morgan fingerprint density at radius 1 is 0.875 bits per heavy atom. The zero-order valence-corrected chi connectivity index (χ0v) is 29.5. The van der Waals surface area contributed by atoms with Crippen LogP contribution in [0, 0.1) is 0 Å². The van der Waals surface area contributed by atoms with Crippen molar-refractivity contribution >= 4 is 41.1 Å². The van der Waals surface area contributed by atoms with E-state index in [4.69, 9.17) is 28.7 Å². The lowest BCUT2D eigenvalue weighted by molar-refractivity contribution is -0.131. The third kappa shape index (κ3) is 19.7. The predicted molar refractivity (Wildman–Crippen MR) is 194 cm³/mol. The van der Waals surface area contributed by atoms with Crippen molar-refractivity contribution in [2.24, 2.45) is 44.4 Å². The number of aliphatic imine (C=N–C) groups is 2. The Labute approximate surface area is 285 Å². The minimum absolute atomic E-state index is 0.0752. The van der Waals surface area contributed by atoms with Crippen LogP contribution >= 0.6 is 0 Å². The van der Waals surface area contributed by atoms with Crippen molar-refractivity contribution in [3.05, 3.63) is 41.5 Å². The Hall–Kier alpha value is -4.70. The van der Waals surface area contributed by atoms with Crippen LogP contribution in [0.5, 0.6) is 0 Å². The van der Waals surface area contributed by atoms with Crippen LogP contribution in [-0.2, 0) is 19.2 Å². The van der Waals surface area contributed by atoms with Gasteiger partial charge in [0.15, 0.2) is 11.9 Å². The van der Waals surface area contributed by atoms with E-state index in [1.807, 2.05) is 38.1 Å². The minimum Gasteiger partial charge on any atom is -0.370 e. The van der Waals surface area contributed by atoms with Gasteiger partial charge in [-0.2, -0.15) is 0 Å². The zero-order valence-electron chi connectivity index (χ0n) is 29.5. The van der Waals surface area contributed by atoms with Crippen LogP contribution in [0.25, 0.3) is 5.57 Å². The molecule has 0 fully saturated rings. The monoisotopic (exact) mass is 676 g/mol. The second-order valence-corrected chi connectivity index (χ2v) is 10.4. The molecule has 0 saturated heterocycles. The van der Waals surface area contributed by atoms with Gasteiger partial charge in [-0.25, -0.2) is 0 Å². The summed E-state index contributed by atoms with van der Waals surface area (Å²) in [7, 11) is 3.00. The molecule has 1 rings (SSSR count). The standard InChI is InChI=1S/C27H44N8O4.C4H11N3.CH5N/c1-5-17(3)19-10-7-8-11-20(19)18(6-2)14-22(25(38)31-4)35-24(37)16-33-26(39)21(34-23(36)15-28)12-9-13-32-27(29)30;1-2-3-7-4(5)6;1-2/h6-8,10-11,17,21-22H,5,9,12-16,28H2,1-4H3,(H,31,38)(H,33,39)(H,34,36)(H,35,37)(H4,29,30,32);2-3H2,1H3,(H4,5,6,7);2H2,1H3/b18-6-;;. The average Bonchev–Trinajstić information content (AvgIpc) is 3.09. The van der Waals surface area contributed by atoms with Crippen LogP contribution in [0.3, 0.4) is 0 Å². The molecule has 272 valence electrons. The van der Waals surface area contributed by atoms with Crippen molar-refractivity contribution in [2.45, 2.75) is 77.8 Å². The molecule has 0 heterocycles. The number of amides is 4. The number of benzene rings is 1. The number of nitrogens with one attached hydrogen (secondary N) is 4. The molecule has 0 aliphatic heterocycles. The summed E-state index contributed by atoms with van der Waals surface area (Å²) in [5, 5.41) is 10.4. The fraction of sp³-hybridized carbons (Fsp3) is 0.562. The lowest BCUT2D eigenvalue weighted by atomic mass is 9.87. The molecule has 16 nitrogen and oxygen atoms in total. The van der Waals surface area contributed by atoms with E-state index in [0.29, 0.717) is 12.3 Å². The molecule has 0 bridgehead atoms. The summed E-state index contributed by atoms with van der Waals surface area (Å²) in [4.78, 5) is 57.5. The number of nitrogens with two attached hydrogens (primary N) is 6. The molecule has 1 aromatic carbocycles. The number of nitrogens with zero attached hydrogens (tertiary/aromatic N) is 2. The number of likely N-dealkylation sites (N-methyl/N-ethyl adjacent to an activating group) is 1. The van der Waals surface area contributed by atoms with Crippen molar-refractivity contribution in [3.63, 3.8) is 0 Å². The lowest BCUT2D eigenvalue weighted by Crippen LogP contribution is -2.52. The Balaban J connectivity index is 0. The van der Waals surface area contributed by atoms with Gasteiger partial charge in [-0.05, 0) is 62.3 Å². The fourth-order valence-electron chi connectivity index (χ4n) is 4.23. The molecule has 0 aromatic heterocycles. The Kier molecular flexibility index (Phi) is 25.9. The van der Waals surface area contributed by atoms with E-state index in [1.165, 1.54) is 19.7 Å². The summed E-state index contributed by atoms with van der Waals surface area (Å²) >= 11 is 0. The average molecular weight is 677 g/mol. The van der Waals surface area contributed by atoms with Gasteiger partial charge in [0.05, 0.1) is 13.1 Å². The molecule has 0 aliphatic carbocycles. The largest absolute Gasteiger partial charge is 0.370 e. The first-order valence-electron chi connectivity index (χ1n) is 16.1. The summed E-state index contributed by atoms with van der Waals surface area (Å²) in [6, 6.07) is 6.25. The molecule has 0 radical (unpaired) electrons. The molecule has 0 spiro atoms. The van der Waals surface area contributed by atoms with Crippen LogP contribution in [0.4, 0.5) is 0 Å². The van der Waals surface area contributed by atoms with E-state index in [2.05, 4.69) is 56.9 Å². The van der Waals surface area contributed by atoms with Crippen molar-refractivity contribution in [1.29, 1.82) is 0 Å². The predicted octanol–water partition coefficient (Wildman–Crippen LogP) is -0.918. The van der Waals surface area contributed by atoms with Crippen molar-refractivity contribution < 1.29 is 19.2 Å². The third-order valence-electron chi connectivity index (χ3n) is 6.84. The highest BCUT2D eigenvalue weighted by Gasteiger charge is 2.25. The first kappa shape index (κ1) is 45.4. The van der Waals surface area contributed by atoms with Gasteiger partial charge in [0.1, 0.15) is 12.1 Å². The van der Waals surface area contributed by atoms with Gasteiger partial charge in [-0.3, -0.25) is 29.2 Å². The highest BCUT2D eigenvalue weighted by atomic mass is 16.2. The van der Waals surface area contributed by atoms with Crippen LogP contribution in [0.2, 0.25) is 0 Å². The molecule has 1 aromatic rings. The van der Waals surface area contributed by atoms with Crippen molar-refractivity contribution in [2.75, 3.05) is 40.3 Å². The molecule has 16 N–H and O–H groups in total. The molecule has 0 aliphatic rings. The highest BCUT2D eigenvalue weighted by Crippen LogP contribution is 2.30. The van der Waals surface area contributed by atoms with E-state index in [1.54, 1.807) is 0 Å². The van der Waals surface area contributed by atoms with Crippen molar-refractivity contribution in [3.8, 4) is 0 Å². The minimum atomic E-state index is -0.926. The molecule has 3 unspecified atom stereocenters. The normalized spacial score (nSPS) is 12.2. The topological polar surface area (TPSA) is 297 Å². The summed E-state index contributed by atoms with van der Waals surface area (Å²) in [6.07, 6.45) is 4.82. The molecule has 3 atom stereocenters. The Morgan fingerprint density at radius 3 is 1.96 bits per heavy atom. The molecule has 48 heavy (non-hydrogen) atoms. The van der Waals surface area contributed by atoms with Crippen LogP contribution in [0.1, 0.15) is 76.8 Å². The zero-order chi connectivity index (χ0) is 37.1. The highest BCUT2D eigenvalue weighted by molar-refractivity contribution is 5.93. The van der Waals surface area contributed by atoms with Crippen molar-refractivity contribution in [1.82, 2.24) is 21.3 Å². The molecular formula is C32H60N12O4. The van der Waals surface area contributed by atoms with E-state index in [9.17, 15) is 19.2 Å². The van der Waals surface area contributed by atoms with Gasteiger partial charge < -0.3 is 55.7 Å². The Morgan fingerprint density at radius 2 is 1.46 bits per heavy atom. The number of rotatable bonds is 18. The summed E-state index contributed by atoms with van der Waals surface area (Å²) in [5.74, 6) is -1.56. The summed E-state index contributed by atoms with van der Waals surface area (Å²) in [5.41, 5.74) is 33.6. The number of carbonyl (C=O) groups is 4. The molecule has 4 amide bonds. The molecular weight excluding hydrogens is 616 g/mol. The van der Waals surface area contributed by atoms with Gasteiger partial charge in [0.2, 0.25) is 23.6 Å². The summed E-state index contributed by atoms with van der Waals surface area (Å²) < 4.78 is 0. The molecule has 16 heteroatoms. The van der Waals surface area contributed by atoms with Gasteiger partial charge in [0, 0.05) is 26.6 Å². The smallest absolute Gasteiger partial charge is 0.243 e. The van der Waals surface area contributed by atoms with E-state index in [0.717, 1.165) is 30.5 Å².